The molecule has 0 aromatic heterocycles. The zero-order valence-corrected chi connectivity index (χ0v) is 7.74. The molecule has 1 atom stereocenters. The Morgan fingerprint density at radius 1 is 1.45 bits per heavy atom. The lowest BCUT2D eigenvalue weighted by Crippen LogP contribution is -1.92. The lowest BCUT2D eigenvalue weighted by atomic mass is 10.1. The maximum atomic E-state index is 2.30. The third-order valence-electron chi connectivity index (χ3n) is 2.19. The highest BCUT2D eigenvalue weighted by molar-refractivity contribution is 8.00. The summed E-state index contributed by atoms with van der Waals surface area (Å²) in [6.45, 7) is 4.50. The van der Waals surface area contributed by atoms with Crippen LogP contribution >= 0.6 is 11.8 Å². The van der Waals surface area contributed by atoms with Crippen LogP contribution < -0.4 is 0 Å². The minimum absolute atomic E-state index is 0.783. The van der Waals surface area contributed by atoms with E-state index in [9.17, 15) is 0 Å². The van der Waals surface area contributed by atoms with Crippen LogP contribution in [0.15, 0.2) is 23.1 Å². The molecule has 1 aliphatic heterocycles. The molecule has 0 aliphatic carbocycles. The molecule has 1 aromatic rings. The minimum Gasteiger partial charge on any atom is -0.122 e. The fourth-order valence-electron chi connectivity index (χ4n) is 1.59. The van der Waals surface area contributed by atoms with E-state index in [0.717, 1.165) is 5.25 Å². The predicted octanol–water partition coefficient (Wildman–Crippen LogP) is 3.03. The number of thioether (sulfide) groups is 1. The second-order valence-electron chi connectivity index (χ2n) is 3.18. The zero-order valence-electron chi connectivity index (χ0n) is 6.92. The van der Waals surface area contributed by atoms with Crippen molar-refractivity contribution in [2.75, 3.05) is 0 Å². The van der Waals surface area contributed by atoms with E-state index in [1.807, 2.05) is 11.8 Å². The molecule has 0 nitrogen and oxygen atoms in total. The first kappa shape index (κ1) is 7.23. The average Bonchev–Trinajstić information content (AvgIpc) is 2.31. The van der Waals surface area contributed by atoms with Crippen LogP contribution in [-0.2, 0) is 6.42 Å². The molecule has 58 valence electrons. The van der Waals surface area contributed by atoms with E-state index < -0.39 is 0 Å². The van der Waals surface area contributed by atoms with E-state index in [4.69, 9.17) is 0 Å². The van der Waals surface area contributed by atoms with E-state index in [-0.39, 0.29) is 0 Å². The molecule has 0 saturated carbocycles. The Morgan fingerprint density at radius 3 is 3.00 bits per heavy atom. The Bertz CT molecular complexity index is 278. The van der Waals surface area contributed by atoms with Crippen molar-refractivity contribution in [3.63, 3.8) is 0 Å². The lowest BCUT2D eigenvalue weighted by molar-refractivity contribution is 0.948. The molecule has 1 heterocycles. The van der Waals surface area contributed by atoms with Crippen molar-refractivity contribution >= 4 is 11.8 Å². The van der Waals surface area contributed by atoms with Gasteiger partial charge in [-0.1, -0.05) is 19.1 Å². The van der Waals surface area contributed by atoms with E-state index in [1.54, 1.807) is 5.56 Å². The number of aryl methyl sites for hydroxylation is 1. The van der Waals surface area contributed by atoms with Crippen LogP contribution in [0.25, 0.3) is 0 Å². The van der Waals surface area contributed by atoms with Crippen LogP contribution in [0.3, 0.4) is 0 Å². The Balaban J connectivity index is 2.49. The van der Waals surface area contributed by atoms with Gasteiger partial charge < -0.3 is 0 Å². The topological polar surface area (TPSA) is 0 Å². The Labute approximate surface area is 72.0 Å². The van der Waals surface area contributed by atoms with Crippen molar-refractivity contribution in [3.05, 3.63) is 29.3 Å². The zero-order chi connectivity index (χ0) is 7.84. The highest BCUT2D eigenvalue weighted by atomic mass is 32.2. The molecule has 2 rings (SSSR count). The Morgan fingerprint density at radius 2 is 2.27 bits per heavy atom. The van der Waals surface area contributed by atoms with Gasteiger partial charge in [0.05, 0.1) is 0 Å². The van der Waals surface area contributed by atoms with Gasteiger partial charge in [0.15, 0.2) is 0 Å². The van der Waals surface area contributed by atoms with Crippen LogP contribution in [0.5, 0.6) is 0 Å². The highest BCUT2D eigenvalue weighted by Gasteiger charge is 2.18. The molecule has 0 spiro atoms. The van der Waals surface area contributed by atoms with Crippen LogP contribution in [0.1, 0.15) is 18.1 Å². The molecule has 11 heavy (non-hydrogen) atoms. The summed E-state index contributed by atoms with van der Waals surface area (Å²) in [6, 6.07) is 6.59. The SMILES string of the molecule is Cc1cccc2c1CC(C)S2. The van der Waals surface area contributed by atoms with Gasteiger partial charge in [-0.3, -0.25) is 0 Å². The molecule has 1 unspecified atom stereocenters. The van der Waals surface area contributed by atoms with Crippen LogP contribution in [0, 0.1) is 6.92 Å². The monoisotopic (exact) mass is 164 g/mol. The molecule has 1 aromatic carbocycles. The van der Waals surface area contributed by atoms with Crippen molar-refractivity contribution in [1.82, 2.24) is 0 Å². The molecule has 1 heteroatoms. The van der Waals surface area contributed by atoms with Crippen LogP contribution in [0.2, 0.25) is 0 Å². The van der Waals surface area contributed by atoms with Crippen molar-refractivity contribution in [3.8, 4) is 0 Å². The standard InChI is InChI=1S/C10H12S/c1-7-4-3-5-10-9(7)6-8(2)11-10/h3-5,8H,6H2,1-2H3. The van der Waals surface area contributed by atoms with Crippen LogP contribution in [0.4, 0.5) is 0 Å². The maximum Gasteiger partial charge on any atom is 0.0110 e. The number of fused-ring (bicyclic) bond motifs is 1. The van der Waals surface area contributed by atoms with Crippen molar-refractivity contribution < 1.29 is 0 Å². The first-order valence-electron chi connectivity index (χ1n) is 4.02. The van der Waals surface area contributed by atoms with E-state index in [0.29, 0.717) is 0 Å². The number of hydrogen-bond acceptors (Lipinski definition) is 1. The molecule has 0 radical (unpaired) electrons. The number of benzene rings is 1. The lowest BCUT2D eigenvalue weighted by Gasteiger charge is -1.99. The smallest absolute Gasteiger partial charge is 0.0110 e. The molecule has 0 saturated heterocycles. The summed E-state index contributed by atoms with van der Waals surface area (Å²) in [6.07, 6.45) is 1.26. The summed E-state index contributed by atoms with van der Waals surface area (Å²) in [4.78, 5) is 1.50. The van der Waals surface area contributed by atoms with Gasteiger partial charge in [-0.05, 0) is 30.5 Å². The molecular formula is C10H12S. The number of hydrogen-bond donors (Lipinski definition) is 0. The fraction of sp³-hybridized carbons (Fsp3) is 0.400. The third-order valence-corrected chi connectivity index (χ3v) is 3.39. The third kappa shape index (κ3) is 1.18. The second-order valence-corrected chi connectivity index (χ2v) is 4.66. The molecule has 0 N–H and O–H groups in total. The normalized spacial score (nSPS) is 21.8. The summed E-state index contributed by atoms with van der Waals surface area (Å²) < 4.78 is 0. The Kier molecular flexibility index (Phi) is 1.68. The van der Waals surface area contributed by atoms with Gasteiger partial charge in [0.25, 0.3) is 0 Å². The van der Waals surface area contributed by atoms with Gasteiger partial charge in [0.2, 0.25) is 0 Å². The van der Waals surface area contributed by atoms with E-state index in [2.05, 4.69) is 32.0 Å². The van der Waals surface area contributed by atoms with Crippen molar-refractivity contribution in [2.24, 2.45) is 0 Å². The molecule has 1 aliphatic rings. The van der Waals surface area contributed by atoms with Gasteiger partial charge in [0, 0.05) is 10.1 Å². The highest BCUT2D eigenvalue weighted by Crippen LogP contribution is 2.37. The number of rotatable bonds is 0. The first-order chi connectivity index (χ1) is 5.27. The molecule has 0 amide bonds. The van der Waals surface area contributed by atoms with Gasteiger partial charge in [-0.2, -0.15) is 0 Å². The van der Waals surface area contributed by atoms with Gasteiger partial charge >= 0.3 is 0 Å². The van der Waals surface area contributed by atoms with Gasteiger partial charge in [0.1, 0.15) is 0 Å². The van der Waals surface area contributed by atoms with E-state index >= 15 is 0 Å². The summed E-state index contributed by atoms with van der Waals surface area (Å²) in [5.74, 6) is 0. The van der Waals surface area contributed by atoms with Crippen molar-refractivity contribution in [2.45, 2.75) is 30.4 Å². The Hall–Kier alpha value is -0.430. The van der Waals surface area contributed by atoms with Crippen molar-refractivity contribution in [1.29, 1.82) is 0 Å². The minimum atomic E-state index is 0.783. The summed E-state index contributed by atoms with van der Waals surface area (Å²) in [5.41, 5.74) is 3.03. The summed E-state index contributed by atoms with van der Waals surface area (Å²) in [5, 5.41) is 0.783. The van der Waals surface area contributed by atoms with Gasteiger partial charge in [-0.25, -0.2) is 0 Å². The maximum absolute atomic E-state index is 2.30. The van der Waals surface area contributed by atoms with Crippen LogP contribution in [-0.4, -0.2) is 5.25 Å². The quantitative estimate of drug-likeness (QED) is 0.568. The fourth-order valence-corrected chi connectivity index (χ4v) is 2.82. The largest absolute Gasteiger partial charge is 0.122 e. The molecule has 0 bridgehead atoms. The van der Waals surface area contributed by atoms with E-state index in [1.165, 1.54) is 16.9 Å². The summed E-state index contributed by atoms with van der Waals surface area (Å²) in [7, 11) is 0. The van der Waals surface area contributed by atoms with Gasteiger partial charge in [-0.15, -0.1) is 11.8 Å². The average molecular weight is 164 g/mol. The first-order valence-corrected chi connectivity index (χ1v) is 4.90. The summed E-state index contributed by atoms with van der Waals surface area (Å²) >= 11 is 2.01. The molecule has 0 fully saturated rings. The molecular weight excluding hydrogens is 152 g/mol. The second kappa shape index (κ2) is 2.56. The predicted molar refractivity (Wildman–Crippen MR) is 50.2 cm³/mol.